The van der Waals surface area contributed by atoms with Gasteiger partial charge in [-0.05, 0) is 19.3 Å². The molecule has 2 heteroatoms. The van der Waals surface area contributed by atoms with Crippen molar-refractivity contribution in [1.82, 2.24) is 0 Å². The van der Waals surface area contributed by atoms with Gasteiger partial charge in [-0.1, -0.05) is 6.92 Å². The Labute approximate surface area is 61.8 Å². The number of hydrogen-bond acceptors (Lipinski definition) is 2. The Morgan fingerprint density at radius 2 is 2.20 bits per heavy atom. The molecule has 0 amide bonds. The zero-order valence-corrected chi connectivity index (χ0v) is 6.50. The maximum atomic E-state index is 8.67. The van der Waals surface area contributed by atoms with Crippen molar-refractivity contribution < 1.29 is 4.74 Å². The molecule has 10 heavy (non-hydrogen) atoms. The molecule has 1 fully saturated rings. The molecule has 0 aromatic carbocycles. The maximum absolute atomic E-state index is 8.67. The average molecular weight is 139 g/mol. The molecule has 0 spiro atoms. The molecule has 3 atom stereocenters. The lowest BCUT2D eigenvalue weighted by atomic mass is 9.89. The first-order valence-electron chi connectivity index (χ1n) is 3.75. The van der Waals surface area contributed by atoms with Crippen molar-refractivity contribution in [1.29, 1.82) is 5.26 Å². The molecule has 0 radical (unpaired) electrons. The topological polar surface area (TPSA) is 33.0 Å². The third-order valence-corrected chi connectivity index (χ3v) is 2.08. The second-order valence-corrected chi connectivity index (χ2v) is 3.09. The van der Waals surface area contributed by atoms with Crippen molar-refractivity contribution in [3.05, 3.63) is 0 Å². The van der Waals surface area contributed by atoms with Crippen molar-refractivity contribution in [3.8, 4) is 6.07 Å². The molecular formula is C8H13NO. The number of ether oxygens (including phenoxy) is 1. The molecule has 3 unspecified atom stereocenters. The Bertz CT molecular complexity index is 150. The molecule has 0 N–H and O–H groups in total. The van der Waals surface area contributed by atoms with E-state index < -0.39 is 0 Å². The quantitative estimate of drug-likeness (QED) is 0.510. The minimum atomic E-state index is 0.212. The summed E-state index contributed by atoms with van der Waals surface area (Å²) in [5.41, 5.74) is 0. The van der Waals surface area contributed by atoms with E-state index in [0.29, 0.717) is 5.92 Å². The monoisotopic (exact) mass is 139 g/mol. The summed E-state index contributed by atoms with van der Waals surface area (Å²) < 4.78 is 5.37. The van der Waals surface area contributed by atoms with Crippen molar-refractivity contribution in [2.45, 2.75) is 26.4 Å². The van der Waals surface area contributed by atoms with E-state index in [1.165, 1.54) is 0 Å². The van der Waals surface area contributed by atoms with Gasteiger partial charge in [0.15, 0.2) is 0 Å². The Hall–Kier alpha value is -0.550. The van der Waals surface area contributed by atoms with E-state index in [-0.39, 0.29) is 12.0 Å². The SMILES string of the molecule is CC1CC(C#N)C(C)CO1. The summed E-state index contributed by atoms with van der Waals surface area (Å²) >= 11 is 0. The molecule has 0 bridgehead atoms. The second-order valence-electron chi connectivity index (χ2n) is 3.09. The van der Waals surface area contributed by atoms with E-state index in [4.69, 9.17) is 10.00 Å². The van der Waals surface area contributed by atoms with Crippen LogP contribution in [0.15, 0.2) is 0 Å². The highest BCUT2D eigenvalue weighted by atomic mass is 16.5. The predicted molar refractivity (Wildman–Crippen MR) is 38.3 cm³/mol. The van der Waals surface area contributed by atoms with Gasteiger partial charge in [0.25, 0.3) is 0 Å². The molecule has 1 aliphatic rings. The molecule has 56 valence electrons. The van der Waals surface area contributed by atoms with Gasteiger partial charge >= 0.3 is 0 Å². The Morgan fingerprint density at radius 1 is 1.50 bits per heavy atom. The Morgan fingerprint density at radius 3 is 2.70 bits per heavy atom. The molecule has 2 nitrogen and oxygen atoms in total. The van der Waals surface area contributed by atoms with Gasteiger partial charge < -0.3 is 4.74 Å². The number of nitrogens with zero attached hydrogens (tertiary/aromatic N) is 1. The van der Waals surface area contributed by atoms with E-state index in [1.54, 1.807) is 0 Å². The molecule has 1 rings (SSSR count). The van der Waals surface area contributed by atoms with Crippen molar-refractivity contribution in [2.24, 2.45) is 11.8 Å². The van der Waals surface area contributed by atoms with E-state index in [0.717, 1.165) is 13.0 Å². The number of rotatable bonds is 0. The summed E-state index contributed by atoms with van der Waals surface area (Å²) in [5, 5.41) is 8.67. The zero-order chi connectivity index (χ0) is 7.56. The van der Waals surface area contributed by atoms with Crippen molar-refractivity contribution in [2.75, 3.05) is 6.61 Å². The number of nitriles is 1. The van der Waals surface area contributed by atoms with Gasteiger partial charge in [0.2, 0.25) is 0 Å². The van der Waals surface area contributed by atoms with Gasteiger partial charge in [0, 0.05) is 0 Å². The van der Waals surface area contributed by atoms with Crippen molar-refractivity contribution >= 4 is 0 Å². The lowest BCUT2D eigenvalue weighted by Crippen LogP contribution is -2.29. The maximum Gasteiger partial charge on any atom is 0.0660 e. The molecule has 0 saturated carbocycles. The van der Waals surface area contributed by atoms with Gasteiger partial charge in [-0.25, -0.2) is 0 Å². The van der Waals surface area contributed by atoms with Crippen LogP contribution in [0.2, 0.25) is 0 Å². The van der Waals surface area contributed by atoms with E-state index in [1.807, 2.05) is 6.92 Å². The first-order valence-corrected chi connectivity index (χ1v) is 3.75. The highest BCUT2D eigenvalue weighted by molar-refractivity contribution is 4.90. The first-order chi connectivity index (χ1) is 4.74. The fourth-order valence-electron chi connectivity index (χ4n) is 1.27. The smallest absolute Gasteiger partial charge is 0.0660 e. The summed E-state index contributed by atoms with van der Waals surface area (Å²) in [6, 6.07) is 2.30. The van der Waals surface area contributed by atoms with Gasteiger partial charge in [-0.15, -0.1) is 0 Å². The van der Waals surface area contributed by atoms with Gasteiger partial charge in [-0.3, -0.25) is 0 Å². The van der Waals surface area contributed by atoms with Crippen LogP contribution in [-0.4, -0.2) is 12.7 Å². The van der Waals surface area contributed by atoms with E-state index >= 15 is 0 Å². The van der Waals surface area contributed by atoms with Crippen LogP contribution in [0.1, 0.15) is 20.3 Å². The summed E-state index contributed by atoms with van der Waals surface area (Å²) in [4.78, 5) is 0. The molecule has 1 aliphatic heterocycles. The second kappa shape index (κ2) is 3.03. The highest BCUT2D eigenvalue weighted by Gasteiger charge is 2.25. The van der Waals surface area contributed by atoms with Crippen LogP contribution in [-0.2, 0) is 4.74 Å². The van der Waals surface area contributed by atoms with Crippen LogP contribution in [0.5, 0.6) is 0 Å². The average Bonchev–Trinajstić information content (AvgIpc) is 1.94. The molecule has 0 aromatic rings. The lowest BCUT2D eigenvalue weighted by molar-refractivity contribution is -0.0176. The normalized spacial score (nSPS) is 40.7. The number of hydrogen-bond donors (Lipinski definition) is 0. The fraction of sp³-hybridized carbons (Fsp3) is 0.875. The molecule has 1 heterocycles. The largest absolute Gasteiger partial charge is 0.378 e. The van der Waals surface area contributed by atoms with Crippen LogP contribution in [0.25, 0.3) is 0 Å². The third-order valence-electron chi connectivity index (χ3n) is 2.08. The predicted octanol–water partition coefficient (Wildman–Crippen LogP) is 1.57. The van der Waals surface area contributed by atoms with Gasteiger partial charge in [-0.2, -0.15) is 5.26 Å². The summed E-state index contributed by atoms with van der Waals surface area (Å²) in [7, 11) is 0. The molecule has 0 aliphatic carbocycles. The van der Waals surface area contributed by atoms with Crippen LogP contribution >= 0.6 is 0 Å². The summed E-state index contributed by atoms with van der Waals surface area (Å²) in [5.74, 6) is 0.630. The summed E-state index contributed by atoms with van der Waals surface area (Å²) in [6.07, 6.45) is 1.18. The minimum Gasteiger partial charge on any atom is -0.378 e. The van der Waals surface area contributed by atoms with E-state index in [9.17, 15) is 0 Å². The fourth-order valence-corrected chi connectivity index (χ4v) is 1.27. The van der Waals surface area contributed by atoms with E-state index in [2.05, 4.69) is 13.0 Å². The van der Waals surface area contributed by atoms with Gasteiger partial charge in [0.05, 0.1) is 24.7 Å². The molecule has 0 aromatic heterocycles. The van der Waals surface area contributed by atoms with Crippen LogP contribution < -0.4 is 0 Å². The lowest BCUT2D eigenvalue weighted by Gasteiger charge is -2.28. The molecular weight excluding hydrogens is 126 g/mol. The molecule has 1 saturated heterocycles. The zero-order valence-electron chi connectivity index (χ0n) is 6.50. The van der Waals surface area contributed by atoms with Crippen molar-refractivity contribution in [3.63, 3.8) is 0 Å². The Kier molecular flexibility index (Phi) is 2.29. The van der Waals surface area contributed by atoms with Crippen LogP contribution in [0.3, 0.4) is 0 Å². The van der Waals surface area contributed by atoms with Gasteiger partial charge in [0.1, 0.15) is 0 Å². The minimum absolute atomic E-state index is 0.212. The summed E-state index contributed by atoms with van der Waals surface area (Å²) in [6.45, 7) is 4.84. The third kappa shape index (κ3) is 1.48. The van der Waals surface area contributed by atoms with Crippen LogP contribution in [0.4, 0.5) is 0 Å². The highest BCUT2D eigenvalue weighted by Crippen LogP contribution is 2.24. The standard InChI is InChI=1S/C8H13NO/c1-6-5-10-7(2)3-8(6)4-9/h6-8H,3,5H2,1-2H3. The van der Waals surface area contributed by atoms with Crippen LogP contribution in [0, 0.1) is 23.2 Å². The first kappa shape index (κ1) is 7.56. The Balaban J connectivity index is 2.47.